The number of carboxylic acid groups (broad SMARTS) is 1. The van der Waals surface area contributed by atoms with Crippen LogP contribution in [0.15, 0.2) is 48.6 Å². The van der Waals surface area contributed by atoms with E-state index < -0.39 is 51.1 Å². The van der Waals surface area contributed by atoms with Crippen LogP contribution in [0.4, 0.5) is 0 Å². The lowest BCUT2D eigenvalue weighted by atomic mass is 10.0. The van der Waals surface area contributed by atoms with Crippen LogP contribution in [0, 0.1) is 0 Å². The maximum atomic E-state index is 12.6. The van der Waals surface area contributed by atoms with Gasteiger partial charge in [-0.15, -0.1) is 0 Å². The minimum absolute atomic E-state index is 0.127. The largest absolute Gasteiger partial charge is 0.756 e. The van der Waals surface area contributed by atoms with Crippen LogP contribution in [-0.2, 0) is 37.5 Å². The normalized spacial score (nSPS) is 14.1. The first-order chi connectivity index (χ1) is 29.1. The van der Waals surface area contributed by atoms with E-state index in [-0.39, 0.29) is 19.4 Å². The summed E-state index contributed by atoms with van der Waals surface area (Å²) in [5, 5.41) is 10.9. The molecule has 0 radical (unpaired) electrons. The number of aliphatic carboxylic acids is 1. The zero-order valence-corrected chi connectivity index (χ0v) is 38.7. The molecule has 0 spiro atoms. The number of hydrogen-bond acceptors (Lipinski definition) is 10. The van der Waals surface area contributed by atoms with E-state index in [1.54, 1.807) is 0 Å². The fourth-order valence-corrected chi connectivity index (χ4v) is 7.16. The number of esters is 2. The van der Waals surface area contributed by atoms with Crippen molar-refractivity contribution in [3.05, 3.63) is 48.6 Å². The summed E-state index contributed by atoms with van der Waals surface area (Å²) in [6, 6.07) is -1.43. The van der Waals surface area contributed by atoms with Gasteiger partial charge in [0.2, 0.25) is 0 Å². The Balaban J connectivity index is 4.28. The highest BCUT2D eigenvalue weighted by molar-refractivity contribution is 7.45. The Bertz CT molecular complexity index is 1200. The first-order valence-electron chi connectivity index (χ1n) is 23.7. The van der Waals surface area contributed by atoms with E-state index in [9.17, 15) is 28.9 Å². The lowest BCUT2D eigenvalue weighted by Gasteiger charge is -2.26. The number of hydrogen-bond donors (Lipinski definition) is 1. The summed E-state index contributed by atoms with van der Waals surface area (Å²) in [6.07, 6.45) is 48.7. The van der Waals surface area contributed by atoms with E-state index in [1.807, 2.05) is 0 Å². The summed E-state index contributed by atoms with van der Waals surface area (Å²) in [4.78, 5) is 48.2. The molecule has 0 aliphatic heterocycles. The smallest absolute Gasteiger partial charge is 0.306 e. The van der Waals surface area contributed by atoms with Crippen molar-refractivity contribution in [1.82, 2.24) is 0 Å². The van der Waals surface area contributed by atoms with Gasteiger partial charge in [0.15, 0.2) is 6.10 Å². The fourth-order valence-electron chi connectivity index (χ4n) is 6.37. The number of quaternary nitrogens is 1. The monoisotopic (exact) mass is 867 g/mol. The molecule has 60 heavy (non-hydrogen) atoms. The van der Waals surface area contributed by atoms with Crippen LogP contribution in [0.1, 0.15) is 206 Å². The quantitative estimate of drug-likeness (QED) is 0.0268. The molecule has 11 nitrogen and oxygen atoms in total. The first kappa shape index (κ1) is 57.4. The lowest BCUT2D eigenvalue weighted by Crippen LogP contribution is -2.70. The van der Waals surface area contributed by atoms with Crippen molar-refractivity contribution in [2.45, 2.75) is 219 Å². The number of carboxylic acids is 1. The van der Waals surface area contributed by atoms with Gasteiger partial charge in [0.1, 0.15) is 25.2 Å². The van der Waals surface area contributed by atoms with Gasteiger partial charge in [-0.1, -0.05) is 172 Å². The van der Waals surface area contributed by atoms with Gasteiger partial charge >= 0.3 is 11.9 Å². The van der Waals surface area contributed by atoms with Gasteiger partial charge in [0.25, 0.3) is 7.82 Å². The van der Waals surface area contributed by atoms with E-state index in [0.29, 0.717) is 12.8 Å². The molecule has 0 aromatic rings. The van der Waals surface area contributed by atoms with Crippen molar-refractivity contribution >= 4 is 25.7 Å². The number of carbonyl (C=O) groups excluding carboxylic acids is 3. The highest BCUT2D eigenvalue weighted by Crippen LogP contribution is 2.38. The molecule has 0 fully saturated rings. The zero-order chi connectivity index (χ0) is 44.2. The highest BCUT2D eigenvalue weighted by Gasteiger charge is 2.22. The summed E-state index contributed by atoms with van der Waals surface area (Å²) in [5.74, 6) is -2.60. The Labute approximate surface area is 365 Å². The maximum Gasteiger partial charge on any atom is 0.306 e. The van der Waals surface area contributed by atoms with Gasteiger partial charge in [0.05, 0.1) is 6.61 Å². The number of phosphoric acid groups is 1. The van der Waals surface area contributed by atoms with Gasteiger partial charge in [-0.05, 0) is 70.6 Å². The van der Waals surface area contributed by atoms with Crippen molar-refractivity contribution < 1.29 is 53.2 Å². The van der Waals surface area contributed by atoms with Crippen LogP contribution in [0.2, 0.25) is 0 Å². The number of carbonyl (C=O) groups is 3. The molecule has 0 saturated carbocycles. The zero-order valence-electron chi connectivity index (χ0n) is 37.8. The van der Waals surface area contributed by atoms with Gasteiger partial charge in [0, 0.05) is 12.8 Å². The van der Waals surface area contributed by atoms with Crippen LogP contribution in [0.3, 0.4) is 0 Å². The molecule has 12 heteroatoms. The van der Waals surface area contributed by atoms with Gasteiger partial charge in [-0.3, -0.25) is 14.2 Å². The second kappa shape index (κ2) is 43.1. The molecule has 0 aliphatic rings. The fraction of sp³-hybridized carbons (Fsp3) is 0.771. The average Bonchev–Trinajstić information content (AvgIpc) is 3.22. The molecule has 348 valence electrons. The third kappa shape index (κ3) is 42.1. The molecule has 3 atom stereocenters. The lowest BCUT2D eigenvalue weighted by molar-refractivity contribution is -0.441. The summed E-state index contributed by atoms with van der Waals surface area (Å²) in [7, 11) is -4.96. The van der Waals surface area contributed by atoms with E-state index in [0.717, 1.165) is 70.6 Å². The van der Waals surface area contributed by atoms with E-state index >= 15 is 0 Å². The Morgan fingerprint density at radius 2 is 0.933 bits per heavy atom. The van der Waals surface area contributed by atoms with Crippen LogP contribution in [0.5, 0.6) is 0 Å². The Hall–Kier alpha value is -2.56. The number of unbranched alkanes of at least 4 members (excludes halogenated alkanes) is 22. The summed E-state index contributed by atoms with van der Waals surface area (Å²) in [6.45, 7) is 2.58. The molecule has 0 amide bonds. The Kier molecular flexibility index (Phi) is 41.3. The highest BCUT2D eigenvalue weighted by atomic mass is 31.2. The van der Waals surface area contributed by atoms with Crippen LogP contribution in [-0.4, -0.2) is 49.9 Å². The van der Waals surface area contributed by atoms with Crippen molar-refractivity contribution in [2.24, 2.45) is 0 Å². The number of phosphoric ester groups is 1. The number of ether oxygens (including phenoxy) is 2. The van der Waals surface area contributed by atoms with Crippen molar-refractivity contribution in [1.29, 1.82) is 0 Å². The second-order valence-electron chi connectivity index (χ2n) is 15.9. The number of allylic oxidation sites excluding steroid dienone is 8. The van der Waals surface area contributed by atoms with Gasteiger partial charge < -0.3 is 39.0 Å². The standard InChI is InChI=1S/C48H86NO10P/c1-3-5-7-9-11-13-15-17-19-20-21-22-23-24-26-27-29-31-33-35-37-39-46(50)56-41-44(42-57-60(54,55)58-43-45(49)48(52)53)59-47(51)40-38-36-34-32-30-28-25-18-16-14-12-10-8-6-4-2/h6,8,12,14,17-19,25,44-45H,3-5,7,9-11,13,15-16,20-24,26-43,49H2,1-2H3,(H,52,53)(H,54,55)/p-1/b8-6-,14-12-,19-17-,25-18-/t44-,45+/m1/s1. The molecule has 1 unspecified atom stereocenters. The Morgan fingerprint density at radius 3 is 1.42 bits per heavy atom. The van der Waals surface area contributed by atoms with E-state index in [1.165, 1.54) is 96.3 Å². The minimum Gasteiger partial charge on any atom is -0.756 e. The van der Waals surface area contributed by atoms with Crippen molar-refractivity contribution in [2.75, 3.05) is 19.8 Å². The van der Waals surface area contributed by atoms with Crippen LogP contribution < -0.4 is 15.7 Å². The van der Waals surface area contributed by atoms with E-state index in [4.69, 9.17) is 14.0 Å². The molecular weight excluding hydrogens is 781 g/mol. The summed E-state index contributed by atoms with van der Waals surface area (Å²) < 4.78 is 32.4. The molecule has 0 rings (SSSR count). The van der Waals surface area contributed by atoms with Gasteiger partial charge in [-0.25, -0.2) is 0 Å². The maximum absolute atomic E-state index is 12.6. The van der Waals surface area contributed by atoms with Crippen molar-refractivity contribution in [3.8, 4) is 0 Å². The molecular formula is C48H85NO10P-. The average molecular weight is 867 g/mol. The molecule has 0 aromatic carbocycles. The molecule has 0 saturated heterocycles. The van der Waals surface area contributed by atoms with Crippen LogP contribution >= 0.6 is 7.82 Å². The van der Waals surface area contributed by atoms with Gasteiger partial charge in [-0.2, -0.15) is 0 Å². The Morgan fingerprint density at radius 1 is 0.533 bits per heavy atom. The molecule has 3 N–H and O–H groups in total. The molecule has 0 heterocycles. The molecule has 0 aromatic heterocycles. The second-order valence-corrected chi connectivity index (χ2v) is 17.3. The predicted octanol–water partition coefficient (Wildman–Crippen LogP) is 10.3. The number of rotatable bonds is 44. The van der Waals surface area contributed by atoms with E-state index in [2.05, 4.69) is 72.7 Å². The summed E-state index contributed by atoms with van der Waals surface area (Å²) >= 11 is 0. The third-order valence-corrected chi connectivity index (χ3v) is 11.0. The SMILES string of the molecule is CC/C=C\C/C=C\C/C=C\CCCCCCCC(=O)O[C@H](COC(=O)CCCCCCCCCCCCC/C=C\CCCCCCCC)COP(=O)([O-])OC[C@H]([NH3+])C(=O)[O-]. The molecule has 0 aliphatic carbocycles. The topological polar surface area (TPSA) is 179 Å². The molecule has 0 bridgehead atoms. The van der Waals surface area contributed by atoms with Crippen LogP contribution in [0.25, 0.3) is 0 Å². The van der Waals surface area contributed by atoms with Crippen molar-refractivity contribution in [3.63, 3.8) is 0 Å². The minimum atomic E-state index is -4.96. The third-order valence-electron chi connectivity index (χ3n) is 10.1. The summed E-state index contributed by atoms with van der Waals surface area (Å²) in [5.41, 5.74) is 3.25. The predicted molar refractivity (Wildman–Crippen MR) is 238 cm³/mol. The first-order valence-corrected chi connectivity index (χ1v) is 25.2.